The highest BCUT2D eigenvalue weighted by Gasteiger charge is 2.42. The number of amides is 1. The summed E-state index contributed by atoms with van der Waals surface area (Å²) in [6, 6.07) is 10.3. The molecule has 198 valence electrons. The average molecular weight is 538 g/mol. The van der Waals surface area contributed by atoms with Crippen molar-refractivity contribution in [3.63, 3.8) is 0 Å². The van der Waals surface area contributed by atoms with Crippen molar-refractivity contribution in [1.29, 1.82) is 0 Å². The number of Topliss-reactive ketones (excluding diaryl/α,β-unsaturated/α-hetero) is 2. The second kappa shape index (κ2) is 10.9. The third kappa shape index (κ3) is 5.00. The predicted molar refractivity (Wildman–Crippen MR) is 141 cm³/mol. The van der Waals surface area contributed by atoms with Crippen LogP contribution in [0.3, 0.4) is 0 Å². The molecule has 0 fully saturated rings. The number of allylic oxidation sites excluding steroid dienone is 4. The molecule has 0 saturated heterocycles. The summed E-state index contributed by atoms with van der Waals surface area (Å²) in [7, 11) is 3.04. The summed E-state index contributed by atoms with van der Waals surface area (Å²) in [4.78, 5) is 38.6. The first kappa shape index (κ1) is 25.9. The van der Waals surface area contributed by atoms with Gasteiger partial charge in [-0.2, -0.15) is 0 Å². The zero-order chi connectivity index (χ0) is 26.8. The summed E-state index contributed by atoms with van der Waals surface area (Å²) in [5.74, 6) is 1.46. The molecular formula is C29H28ClNO7. The number of hydrogen-bond acceptors (Lipinski definition) is 7. The van der Waals surface area contributed by atoms with Crippen LogP contribution in [-0.4, -0.2) is 38.3 Å². The van der Waals surface area contributed by atoms with Crippen molar-refractivity contribution in [2.75, 3.05) is 26.1 Å². The summed E-state index contributed by atoms with van der Waals surface area (Å²) in [6.07, 6.45) is 3.55. The number of methoxy groups -OCH3 is 2. The maximum absolute atomic E-state index is 13.1. The van der Waals surface area contributed by atoms with Gasteiger partial charge in [-0.15, -0.1) is 0 Å². The van der Waals surface area contributed by atoms with Crippen LogP contribution in [0.5, 0.6) is 17.2 Å². The number of ketones is 2. The van der Waals surface area contributed by atoms with E-state index in [1.165, 1.54) is 7.11 Å². The number of ether oxygens (including phenoxy) is 4. The van der Waals surface area contributed by atoms with Crippen molar-refractivity contribution < 1.29 is 33.3 Å². The quantitative estimate of drug-likeness (QED) is 0.497. The predicted octanol–water partition coefficient (Wildman–Crippen LogP) is 5.50. The lowest BCUT2D eigenvalue weighted by Crippen LogP contribution is -2.30. The van der Waals surface area contributed by atoms with Crippen LogP contribution in [0, 0.1) is 0 Å². The first-order chi connectivity index (χ1) is 18.4. The van der Waals surface area contributed by atoms with Crippen molar-refractivity contribution in [3.8, 4) is 17.2 Å². The lowest BCUT2D eigenvalue weighted by molar-refractivity contribution is -0.119. The Labute approximate surface area is 225 Å². The van der Waals surface area contributed by atoms with E-state index in [1.807, 2.05) is 0 Å². The number of rotatable bonds is 7. The Morgan fingerprint density at radius 1 is 0.947 bits per heavy atom. The van der Waals surface area contributed by atoms with Gasteiger partial charge in [-0.1, -0.05) is 11.6 Å². The van der Waals surface area contributed by atoms with Crippen molar-refractivity contribution in [2.24, 2.45) is 0 Å². The highest BCUT2D eigenvalue weighted by Crippen LogP contribution is 2.50. The molecule has 2 aliphatic carbocycles. The van der Waals surface area contributed by atoms with Gasteiger partial charge in [-0.25, -0.2) is 0 Å². The van der Waals surface area contributed by atoms with Crippen molar-refractivity contribution in [3.05, 3.63) is 69.6 Å². The fourth-order valence-electron chi connectivity index (χ4n) is 5.21. The molecule has 0 spiro atoms. The van der Waals surface area contributed by atoms with Gasteiger partial charge in [-0.3, -0.25) is 14.4 Å². The van der Waals surface area contributed by atoms with Crippen LogP contribution < -0.4 is 19.5 Å². The molecule has 0 radical (unpaired) electrons. The summed E-state index contributed by atoms with van der Waals surface area (Å²) in [5.41, 5.74) is 2.29. The molecule has 1 amide bonds. The molecule has 0 aromatic heterocycles. The van der Waals surface area contributed by atoms with E-state index in [4.69, 9.17) is 30.5 Å². The Bertz CT molecular complexity index is 1320. The first-order valence-electron chi connectivity index (χ1n) is 12.5. The van der Waals surface area contributed by atoms with Crippen LogP contribution in [0.15, 0.2) is 59.1 Å². The first-order valence-corrected chi connectivity index (χ1v) is 12.9. The minimum atomic E-state index is -0.576. The zero-order valence-corrected chi connectivity index (χ0v) is 22.0. The number of benzene rings is 2. The monoisotopic (exact) mass is 537 g/mol. The molecule has 0 bridgehead atoms. The fourth-order valence-corrected chi connectivity index (χ4v) is 5.48. The van der Waals surface area contributed by atoms with Gasteiger partial charge in [-0.05, 0) is 54.8 Å². The number of nitrogens with one attached hydrogen (secondary N) is 1. The number of halogens is 1. The Morgan fingerprint density at radius 2 is 1.58 bits per heavy atom. The number of carbonyl (C=O) groups is 3. The highest BCUT2D eigenvalue weighted by molar-refractivity contribution is 6.32. The van der Waals surface area contributed by atoms with Crippen LogP contribution in [0.4, 0.5) is 5.69 Å². The molecule has 5 rings (SSSR count). The van der Waals surface area contributed by atoms with E-state index in [2.05, 4.69) is 5.32 Å². The normalized spacial score (nSPS) is 17.4. The Kier molecular flexibility index (Phi) is 7.42. The van der Waals surface area contributed by atoms with Crippen molar-refractivity contribution in [2.45, 2.75) is 44.4 Å². The highest BCUT2D eigenvalue weighted by atomic mass is 35.5. The van der Waals surface area contributed by atoms with Gasteiger partial charge in [0.2, 0.25) is 0 Å². The maximum Gasteiger partial charge on any atom is 0.262 e. The number of anilines is 1. The molecule has 1 aliphatic heterocycles. The molecule has 3 aliphatic rings. The van der Waals surface area contributed by atoms with Crippen LogP contribution in [-0.2, 0) is 19.1 Å². The van der Waals surface area contributed by atoms with Gasteiger partial charge in [0.1, 0.15) is 17.3 Å². The Hall–Kier alpha value is -3.78. The molecule has 0 atom stereocenters. The van der Waals surface area contributed by atoms with Gasteiger partial charge in [0.15, 0.2) is 29.7 Å². The van der Waals surface area contributed by atoms with Crippen LogP contribution in [0.2, 0.25) is 5.02 Å². The third-order valence-electron chi connectivity index (χ3n) is 6.95. The molecule has 38 heavy (non-hydrogen) atoms. The zero-order valence-electron chi connectivity index (χ0n) is 21.2. The van der Waals surface area contributed by atoms with Gasteiger partial charge < -0.3 is 24.3 Å². The van der Waals surface area contributed by atoms with Crippen molar-refractivity contribution >= 4 is 34.8 Å². The Morgan fingerprint density at radius 3 is 2.16 bits per heavy atom. The van der Waals surface area contributed by atoms with E-state index in [1.54, 1.807) is 43.5 Å². The lowest BCUT2D eigenvalue weighted by atomic mass is 9.73. The standard InChI is InChI=1S/C29H28ClNO7/c1-35-18-11-9-17(10-12-18)31-25(34)15-37-29-19(30)13-16(14-24(29)36-2)26-27-20(32)5-3-7-22(27)38-23-8-4-6-21(33)28(23)26/h9-14,26H,3-8,15H2,1-2H3,(H,31,34). The minimum absolute atomic E-state index is 0.0215. The van der Waals surface area contributed by atoms with E-state index in [0.717, 1.165) is 12.8 Å². The second-order valence-corrected chi connectivity index (χ2v) is 9.77. The number of hydrogen-bond donors (Lipinski definition) is 1. The van der Waals surface area contributed by atoms with Crippen LogP contribution >= 0.6 is 11.6 Å². The smallest absolute Gasteiger partial charge is 0.262 e. The fraction of sp³-hybridized carbons (Fsp3) is 0.345. The van der Waals surface area contributed by atoms with Gasteiger partial charge >= 0.3 is 0 Å². The lowest BCUT2D eigenvalue weighted by Gasteiger charge is -2.36. The van der Waals surface area contributed by atoms with E-state index in [9.17, 15) is 14.4 Å². The van der Waals surface area contributed by atoms with Crippen molar-refractivity contribution in [1.82, 2.24) is 0 Å². The van der Waals surface area contributed by atoms with Crippen LogP contribution in [0.1, 0.15) is 50.0 Å². The average Bonchev–Trinajstić information content (AvgIpc) is 2.91. The third-order valence-corrected chi connectivity index (χ3v) is 7.23. The Balaban J connectivity index is 1.42. The summed E-state index contributed by atoms with van der Waals surface area (Å²) < 4.78 is 22.6. The van der Waals surface area contributed by atoms with Gasteiger partial charge in [0.25, 0.3) is 5.91 Å². The summed E-state index contributed by atoms with van der Waals surface area (Å²) in [6.45, 7) is -0.305. The van der Waals surface area contributed by atoms with E-state index < -0.39 is 5.92 Å². The molecule has 9 heteroatoms. The maximum atomic E-state index is 13.1. The SMILES string of the molecule is COc1ccc(NC(=O)COc2c(Cl)cc(C3C4=C(CCCC4=O)OC4=C3C(=O)CCC4)cc2OC)cc1. The minimum Gasteiger partial charge on any atom is -0.497 e. The topological polar surface area (TPSA) is 100 Å². The molecular weight excluding hydrogens is 510 g/mol. The van der Waals surface area contributed by atoms with E-state index in [-0.39, 0.29) is 34.9 Å². The second-order valence-electron chi connectivity index (χ2n) is 9.36. The molecule has 1 heterocycles. The molecule has 0 saturated carbocycles. The van der Waals surface area contributed by atoms with Crippen LogP contribution in [0.25, 0.3) is 0 Å². The number of carbonyl (C=O) groups excluding carboxylic acids is 3. The summed E-state index contributed by atoms with van der Waals surface area (Å²) >= 11 is 6.65. The molecule has 2 aromatic carbocycles. The summed E-state index contributed by atoms with van der Waals surface area (Å²) in [5, 5.41) is 2.96. The van der Waals surface area contributed by atoms with Gasteiger partial charge in [0.05, 0.1) is 19.2 Å². The van der Waals surface area contributed by atoms with E-state index in [0.29, 0.717) is 71.1 Å². The largest absolute Gasteiger partial charge is 0.497 e. The van der Waals surface area contributed by atoms with E-state index >= 15 is 0 Å². The molecule has 0 unspecified atom stereocenters. The molecule has 8 nitrogen and oxygen atoms in total. The molecule has 1 N–H and O–H groups in total. The molecule has 2 aromatic rings. The van der Waals surface area contributed by atoms with Gasteiger partial charge in [0, 0.05) is 48.4 Å².